The Labute approximate surface area is 182 Å². The molecule has 2 aliphatic heterocycles. The number of aliphatic imine (C=N–C) groups is 1. The van der Waals surface area contributed by atoms with Gasteiger partial charge in [0.2, 0.25) is 0 Å². The van der Waals surface area contributed by atoms with Gasteiger partial charge in [0.1, 0.15) is 5.82 Å². The normalized spacial score (nSPS) is 25.9. The smallest absolute Gasteiger partial charge is 0.191 e. The standard InChI is InChI=1S/C23H40N6O/c1-18-8-5-6-12-28(18)13-7-11-25-23(24-4)27-15-21-9-10-22(26-14-21)29-16-19(2)30-20(3)17-29/h9-10,14,18-20H,5-8,11-13,15-17H2,1-4H3,(H2,24,25,27). The number of rotatable bonds is 7. The van der Waals surface area contributed by atoms with Gasteiger partial charge in [-0.1, -0.05) is 12.5 Å². The lowest BCUT2D eigenvalue weighted by atomic mass is 10.0. The molecule has 1 aromatic heterocycles. The Bertz CT molecular complexity index is 654. The monoisotopic (exact) mass is 416 g/mol. The van der Waals surface area contributed by atoms with Gasteiger partial charge in [0.15, 0.2) is 5.96 Å². The lowest BCUT2D eigenvalue weighted by Gasteiger charge is -2.36. The number of guanidine groups is 1. The molecule has 0 spiro atoms. The Kier molecular flexibility index (Phi) is 8.75. The molecule has 168 valence electrons. The molecule has 2 aliphatic rings. The zero-order valence-corrected chi connectivity index (χ0v) is 19.2. The fourth-order valence-electron chi connectivity index (χ4n) is 4.46. The van der Waals surface area contributed by atoms with Gasteiger partial charge in [-0.05, 0) is 58.2 Å². The molecule has 3 unspecified atom stereocenters. The maximum Gasteiger partial charge on any atom is 0.191 e. The van der Waals surface area contributed by atoms with E-state index in [2.05, 4.69) is 63.3 Å². The summed E-state index contributed by atoms with van der Waals surface area (Å²) in [6.45, 7) is 12.4. The maximum absolute atomic E-state index is 5.82. The highest BCUT2D eigenvalue weighted by Gasteiger charge is 2.23. The average Bonchev–Trinajstić information content (AvgIpc) is 2.74. The molecule has 7 heteroatoms. The largest absolute Gasteiger partial charge is 0.372 e. The molecule has 30 heavy (non-hydrogen) atoms. The van der Waals surface area contributed by atoms with Crippen LogP contribution < -0.4 is 15.5 Å². The number of nitrogens with zero attached hydrogens (tertiary/aromatic N) is 4. The number of nitrogens with one attached hydrogen (secondary N) is 2. The van der Waals surface area contributed by atoms with Crippen molar-refractivity contribution in [2.45, 2.75) is 71.2 Å². The first kappa shape index (κ1) is 22.8. The number of hydrogen-bond donors (Lipinski definition) is 2. The van der Waals surface area contributed by atoms with Crippen LogP contribution in [0.2, 0.25) is 0 Å². The summed E-state index contributed by atoms with van der Waals surface area (Å²) in [7, 11) is 1.82. The molecular weight excluding hydrogens is 376 g/mol. The number of pyridine rings is 1. The van der Waals surface area contributed by atoms with Crippen LogP contribution in [-0.2, 0) is 11.3 Å². The highest BCUT2D eigenvalue weighted by Crippen LogP contribution is 2.18. The fourth-order valence-corrected chi connectivity index (χ4v) is 4.46. The molecule has 2 N–H and O–H groups in total. The van der Waals surface area contributed by atoms with E-state index in [0.717, 1.165) is 56.0 Å². The Morgan fingerprint density at radius 2 is 1.97 bits per heavy atom. The summed E-state index contributed by atoms with van der Waals surface area (Å²) in [6, 6.07) is 4.98. The third kappa shape index (κ3) is 6.84. The van der Waals surface area contributed by atoms with Crippen LogP contribution in [0.1, 0.15) is 52.0 Å². The number of anilines is 1. The first-order valence-corrected chi connectivity index (χ1v) is 11.6. The first-order valence-electron chi connectivity index (χ1n) is 11.6. The van der Waals surface area contributed by atoms with Crippen molar-refractivity contribution in [1.29, 1.82) is 0 Å². The Hall–Kier alpha value is -1.86. The number of aromatic nitrogens is 1. The van der Waals surface area contributed by atoms with Crippen LogP contribution >= 0.6 is 0 Å². The van der Waals surface area contributed by atoms with E-state index in [0.29, 0.717) is 6.54 Å². The minimum absolute atomic E-state index is 0.240. The Balaban J connectivity index is 1.38. The number of ether oxygens (including phenoxy) is 1. The molecule has 2 fully saturated rings. The van der Waals surface area contributed by atoms with Crippen LogP contribution in [0.25, 0.3) is 0 Å². The van der Waals surface area contributed by atoms with Gasteiger partial charge in [0.05, 0.1) is 12.2 Å². The number of piperidine rings is 1. The molecule has 7 nitrogen and oxygen atoms in total. The van der Waals surface area contributed by atoms with Crippen molar-refractivity contribution in [2.75, 3.05) is 44.7 Å². The molecule has 2 saturated heterocycles. The molecule has 3 heterocycles. The maximum atomic E-state index is 5.82. The number of hydrogen-bond acceptors (Lipinski definition) is 5. The molecule has 0 radical (unpaired) electrons. The molecule has 1 aromatic rings. The first-order chi connectivity index (χ1) is 14.5. The second-order valence-electron chi connectivity index (χ2n) is 8.77. The second kappa shape index (κ2) is 11.5. The number of morpholine rings is 1. The van der Waals surface area contributed by atoms with E-state index in [1.54, 1.807) is 0 Å². The molecule has 0 aliphatic carbocycles. The Morgan fingerprint density at radius 1 is 1.17 bits per heavy atom. The topological polar surface area (TPSA) is 65.0 Å². The van der Waals surface area contributed by atoms with Crippen LogP contribution in [0, 0.1) is 0 Å². The molecule has 0 aromatic carbocycles. The molecule has 0 bridgehead atoms. The third-order valence-electron chi connectivity index (χ3n) is 6.09. The van der Waals surface area contributed by atoms with Gasteiger partial charge in [-0.25, -0.2) is 4.98 Å². The molecule has 0 amide bonds. The predicted molar refractivity (Wildman–Crippen MR) is 124 cm³/mol. The van der Waals surface area contributed by atoms with Crippen molar-refractivity contribution in [3.05, 3.63) is 23.9 Å². The minimum atomic E-state index is 0.240. The van der Waals surface area contributed by atoms with Crippen LogP contribution in [-0.4, -0.2) is 73.9 Å². The fraction of sp³-hybridized carbons (Fsp3) is 0.739. The van der Waals surface area contributed by atoms with Crippen LogP contribution in [0.15, 0.2) is 23.3 Å². The quantitative estimate of drug-likeness (QED) is 0.405. The molecule has 3 rings (SSSR count). The lowest BCUT2D eigenvalue weighted by Crippen LogP contribution is -2.45. The van der Waals surface area contributed by atoms with Gasteiger partial charge >= 0.3 is 0 Å². The minimum Gasteiger partial charge on any atom is -0.372 e. The number of likely N-dealkylation sites (tertiary alicyclic amines) is 1. The second-order valence-corrected chi connectivity index (χ2v) is 8.77. The van der Waals surface area contributed by atoms with Crippen LogP contribution in [0.4, 0.5) is 5.82 Å². The van der Waals surface area contributed by atoms with Crippen molar-refractivity contribution >= 4 is 11.8 Å². The highest BCUT2D eigenvalue weighted by atomic mass is 16.5. The summed E-state index contributed by atoms with van der Waals surface area (Å²) in [5, 5.41) is 6.83. The summed E-state index contributed by atoms with van der Waals surface area (Å²) < 4.78 is 5.82. The van der Waals surface area contributed by atoms with Crippen LogP contribution in [0.5, 0.6) is 0 Å². The summed E-state index contributed by atoms with van der Waals surface area (Å²) in [6.07, 6.45) is 7.64. The van der Waals surface area contributed by atoms with Crippen LogP contribution in [0.3, 0.4) is 0 Å². The van der Waals surface area contributed by atoms with Gasteiger partial charge in [0.25, 0.3) is 0 Å². The van der Waals surface area contributed by atoms with Gasteiger partial charge in [-0.3, -0.25) is 4.99 Å². The van der Waals surface area contributed by atoms with Crippen molar-refractivity contribution in [3.63, 3.8) is 0 Å². The van der Waals surface area contributed by atoms with Crippen molar-refractivity contribution in [3.8, 4) is 0 Å². The van der Waals surface area contributed by atoms with E-state index in [1.165, 1.54) is 25.8 Å². The van der Waals surface area contributed by atoms with E-state index in [9.17, 15) is 0 Å². The zero-order chi connectivity index (χ0) is 21.3. The van der Waals surface area contributed by atoms with Gasteiger partial charge in [-0.2, -0.15) is 0 Å². The molecule has 3 atom stereocenters. The lowest BCUT2D eigenvalue weighted by molar-refractivity contribution is -0.00545. The molecular formula is C23H40N6O. The van der Waals surface area contributed by atoms with E-state index in [1.807, 2.05) is 13.2 Å². The van der Waals surface area contributed by atoms with Gasteiger partial charge in [-0.15, -0.1) is 0 Å². The summed E-state index contributed by atoms with van der Waals surface area (Å²) in [4.78, 5) is 13.9. The summed E-state index contributed by atoms with van der Waals surface area (Å²) in [5.41, 5.74) is 1.15. The van der Waals surface area contributed by atoms with Crippen molar-refractivity contribution in [2.24, 2.45) is 4.99 Å². The van der Waals surface area contributed by atoms with E-state index >= 15 is 0 Å². The summed E-state index contributed by atoms with van der Waals surface area (Å²) in [5.74, 6) is 1.87. The molecule has 0 saturated carbocycles. The van der Waals surface area contributed by atoms with E-state index in [-0.39, 0.29) is 12.2 Å². The van der Waals surface area contributed by atoms with Gasteiger partial charge in [0, 0.05) is 52.0 Å². The highest BCUT2D eigenvalue weighted by molar-refractivity contribution is 5.79. The SMILES string of the molecule is CN=C(NCCCN1CCCCC1C)NCc1ccc(N2CC(C)OC(C)C2)nc1. The predicted octanol–water partition coefficient (Wildman–Crippen LogP) is 2.62. The summed E-state index contributed by atoms with van der Waals surface area (Å²) >= 11 is 0. The van der Waals surface area contributed by atoms with Gasteiger partial charge < -0.3 is 25.2 Å². The zero-order valence-electron chi connectivity index (χ0n) is 19.2. The van der Waals surface area contributed by atoms with Crippen molar-refractivity contribution < 1.29 is 4.74 Å². The van der Waals surface area contributed by atoms with E-state index < -0.39 is 0 Å². The van der Waals surface area contributed by atoms with E-state index in [4.69, 9.17) is 4.74 Å². The van der Waals surface area contributed by atoms with Crippen molar-refractivity contribution in [1.82, 2.24) is 20.5 Å². The third-order valence-corrected chi connectivity index (χ3v) is 6.09. The Morgan fingerprint density at radius 3 is 2.63 bits per heavy atom. The average molecular weight is 417 g/mol.